The van der Waals surface area contributed by atoms with Crippen LogP contribution >= 0.6 is 15.9 Å². The fourth-order valence-electron chi connectivity index (χ4n) is 2.43. The van der Waals surface area contributed by atoms with E-state index in [2.05, 4.69) is 37.9 Å². The molecular weight excluding hydrogens is 324 g/mol. The van der Waals surface area contributed by atoms with E-state index >= 15 is 0 Å². The molecule has 0 atom stereocenters. The lowest BCUT2D eigenvalue weighted by Crippen LogP contribution is -2.30. The van der Waals surface area contributed by atoms with Gasteiger partial charge in [-0.15, -0.1) is 0 Å². The molecule has 104 valence electrons. The van der Waals surface area contributed by atoms with E-state index < -0.39 is 5.97 Å². The minimum absolute atomic E-state index is 0.0415. The molecule has 1 aliphatic heterocycles. The summed E-state index contributed by atoms with van der Waals surface area (Å²) in [5.74, 6) is -0.617. The van der Waals surface area contributed by atoms with E-state index in [1.165, 1.54) is 17.4 Å². The molecule has 2 aromatic rings. The number of rotatable bonds is 3. The number of hydrogen-bond acceptors (Lipinski definition) is 4. The van der Waals surface area contributed by atoms with Gasteiger partial charge < -0.3 is 9.52 Å². The number of carboxylic acids is 1. The van der Waals surface area contributed by atoms with E-state index in [9.17, 15) is 4.79 Å². The lowest BCUT2D eigenvalue weighted by molar-refractivity contribution is 0.0690. The zero-order valence-corrected chi connectivity index (χ0v) is 12.3. The Morgan fingerprint density at radius 3 is 3.10 bits per heavy atom. The molecule has 0 unspecified atom stereocenters. The van der Waals surface area contributed by atoms with Crippen LogP contribution < -0.4 is 0 Å². The van der Waals surface area contributed by atoms with Crippen LogP contribution in [0.5, 0.6) is 0 Å². The number of hydrogen-bond donors (Lipinski definition) is 1. The van der Waals surface area contributed by atoms with Crippen molar-refractivity contribution in [3.63, 3.8) is 0 Å². The number of oxazole rings is 1. The zero-order valence-electron chi connectivity index (χ0n) is 10.7. The van der Waals surface area contributed by atoms with Crippen molar-refractivity contribution >= 4 is 21.9 Å². The first-order valence-corrected chi connectivity index (χ1v) is 7.09. The molecular formula is C14H13BrN2O3. The second-order valence-corrected chi connectivity index (χ2v) is 5.62. The average Bonchev–Trinajstić information content (AvgIpc) is 2.88. The fourth-order valence-corrected chi connectivity index (χ4v) is 3.03. The van der Waals surface area contributed by atoms with Crippen molar-refractivity contribution in [2.45, 2.75) is 19.5 Å². The molecule has 0 fully saturated rings. The summed E-state index contributed by atoms with van der Waals surface area (Å²) >= 11 is 3.57. The Bertz CT molecular complexity index is 654. The Balaban J connectivity index is 1.72. The van der Waals surface area contributed by atoms with Gasteiger partial charge >= 0.3 is 5.97 Å². The van der Waals surface area contributed by atoms with Crippen LogP contribution in [0.1, 0.15) is 27.5 Å². The molecule has 3 rings (SSSR count). The first-order chi connectivity index (χ1) is 9.63. The van der Waals surface area contributed by atoms with Gasteiger partial charge in [-0.25, -0.2) is 9.78 Å². The normalized spacial score (nSPS) is 15.1. The van der Waals surface area contributed by atoms with Gasteiger partial charge in [-0.05, 0) is 23.6 Å². The number of nitrogens with zero attached hydrogens (tertiary/aromatic N) is 2. The monoisotopic (exact) mass is 336 g/mol. The predicted octanol–water partition coefficient (Wildman–Crippen LogP) is 2.69. The SMILES string of the molecule is O=C(O)c1coc(CN2CCc3c(Br)cccc3C2)n1. The molecule has 5 nitrogen and oxygen atoms in total. The van der Waals surface area contributed by atoms with Crippen molar-refractivity contribution in [3.8, 4) is 0 Å². The van der Waals surface area contributed by atoms with Gasteiger partial charge in [-0.2, -0.15) is 0 Å². The van der Waals surface area contributed by atoms with Crippen molar-refractivity contribution < 1.29 is 14.3 Å². The Labute approximate surface area is 124 Å². The first kappa shape index (κ1) is 13.3. The molecule has 0 bridgehead atoms. The van der Waals surface area contributed by atoms with E-state index in [1.54, 1.807) is 0 Å². The molecule has 0 aliphatic carbocycles. The topological polar surface area (TPSA) is 66.6 Å². The molecule has 1 aromatic heterocycles. The van der Waals surface area contributed by atoms with Crippen LogP contribution in [0.2, 0.25) is 0 Å². The van der Waals surface area contributed by atoms with Crippen molar-refractivity contribution in [2.24, 2.45) is 0 Å². The Kier molecular flexibility index (Phi) is 3.58. The number of carbonyl (C=O) groups is 1. The number of carboxylic acid groups (broad SMARTS) is 1. The Hall–Kier alpha value is -1.66. The number of fused-ring (bicyclic) bond motifs is 1. The van der Waals surface area contributed by atoms with E-state index in [0.717, 1.165) is 24.0 Å². The molecule has 1 aliphatic rings. The molecule has 6 heteroatoms. The maximum atomic E-state index is 10.8. The van der Waals surface area contributed by atoms with Gasteiger partial charge in [0.25, 0.3) is 0 Å². The molecule has 20 heavy (non-hydrogen) atoms. The summed E-state index contributed by atoms with van der Waals surface area (Å²) < 4.78 is 6.35. The van der Waals surface area contributed by atoms with E-state index in [0.29, 0.717) is 12.4 Å². The summed E-state index contributed by atoms with van der Waals surface area (Å²) in [4.78, 5) is 16.9. The maximum absolute atomic E-state index is 10.8. The van der Waals surface area contributed by atoms with Crippen LogP contribution in [0.3, 0.4) is 0 Å². The number of benzene rings is 1. The van der Waals surface area contributed by atoms with Crippen molar-refractivity contribution in [1.82, 2.24) is 9.88 Å². The van der Waals surface area contributed by atoms with Crippen molar-refractivity contribution in [3.05, 3.63) is 51.6 Å². The highest BCUT2D eigenvalue weighted by molar-refractivity contribution is 9.10. The Morgan fingerprint density at radius 1 is 1.50 bits per heavy atom. The van der Waals surface area contributed by atoms with Crippen LogP contribution in [0.15, 0.2) is 33.4 Å². The fraction of sp³-hybridized carbons (Fsp3) is 0.286. The lowest BCUT2D eigenvalue weighted by Gasteiger charge is -2.28. The summed E-state index contributed by atoms with van der Waals surface area (Å²) in [7, 11) is 0. The highest BCUT2D eigenvalue weighted by Crippen LogP contribution is 2.26. The summed E-state index contributed by atoms with van der Waals surface area (Å²) in [6.45, 7) is 2.25. The standard InChI is InChI=1S/C14H13BrN2O3/c15-11-3-1-2-9-6-17(5-4-10(9)11)7-13-16-12(8-20-13)14(18)19/h1-3,8H,4-7H2,(H,18,19). The third kappa shape index (κ3) is 2.62. The highest BCUT2D eigenvalue weighted by Gasteiger charge is 2.20. The quantitative estimate of drug-likeness (QED) is 0.933. The molecule has 0 saturated carbocycles. The predicted molar refractivity (Wildman–Crippen MR) is 75.4 cm³/mol. The second-order valence-electron chi connectivity index (χ2n) is 4.77. The molecule has 1 aromatic carbocycles. The smallest absolute Gasteiger partial charge is 0.357 e. The van der Waals surface area contributed by atoms with Gasteiger partial charge in [-0.3, -0.25) is 4.90 Å². The van der Waals surface area contributed by atoms with Gasteiger partial charge in [0.2, 0.25) is 5.89 Å². The highest BCUT2D eigenvalue weighted by atomic mass is 79.9. The number of aromatic carboxylic acids is 1. The van der Waals surface area contributed by atoms with E-state index in [4.69, 9.17) is 9.52 Å². The van der Waals surface area contributed by atoms with Gasteiger partial charge in [0.05, 0.1) is 6.54 Å². The minimum atomic E-state index is -1.06. The average molecular weight is 337 g/mol. The van der Waals surface area contributed by atoms with E-state index in [1.807, 2.05) is 6.07 Å². The molecule has 0 amide bonds. The summed E-state index contributed by atoms with van der Waals surface area (Å²) in [6, 6.07) is 6.20. The van der Waals surface area contributed by atoms with Gasteiger partial charge in [-0.1, -0.05) is 28.1 Å². The van der Waals surface area contributed by atoms with Crippen LogP contribution in [0, 0.1) is 0 Å². The van der Waals surface area contributed by atoms with Crippen molar-refractivity contribution in [2.75, 3.05) is 6.54 Å². The molecule has 0 spiro atoms. The molecule has 2 heterocycles. The maximum Gasteiger partial charge on any atom is 0.357 e. The molecule has 0 radical (unpaired) electrons. The van der Waals surface area contributed by atoms with Gasteiger partial charge in [0, 0.05) is 17.6 Å². The number of halogens is 1. The molecule has 0 saturated heterocycles. The molecule has 1 N–H and O–H groups in total. The minimum Gasteiger partial charge on any atom is -0.476 e. The van der Waals surface area contributed by atoms with Crippen molar-refractivity contribution in [1.29, 1.82) is 0 Å². The summed E-state index contributed by atoms with van der Waals surface area (Å²) in [5.41, 5.74) is 2.60. The second kappa shape index (κ2) is 5.38. The third-order valence-electron chi connectivity index (χ3n) is 3.42. The van der Waals surface area contributed by atoms with Crippen LogP contribution in [-0.2, 0) is 19.5 Å². The first-order valence-electron chi connectivity index (χ1n) is 6.30. The lowest BCUT2D eigenvalue weighted by atomic mass is 10.00. The summed E-state index contributed by atoms with van der Waals surface area (Å²) in [6.07, 6.45) is 2.15. The van der Waals surface area contributed by atoms with Crippen LogP contribution in [0.4, 0.5) is 0 Å². The van der Waals surface area contributed by atoms with E-state index in [-0.39, 0.29) is 5.69 Å². The summed E-state index contributed by atoms with van der Waals surface area (Å²) in [5, 5.41) is 8.82. The largest absolute Gasteiger partial charge is 0.476 e. The number of aromatic nitrogens is 1. The van der Waals surface area contributed by atoms with Crippen LogP contribution in [0.25, 0.3) is 0 Å². The Morgan fingerprint density at radius 2 is 2.35 bits per heavy atom. The zero-order chi connectivity index (χ0) is 14.1. The van der Waals surface area contributed by atoms with Gasteiger partial charge in [0.15, 0.2) is 5.69 Å². The third-order valence-corrected chi connectivity index (χ3v) is 4.16. The van der Waals surface area contributed by atoms with Gasteiger partial charge in [0.1, 0.15) is 6.26 Å². The van der Waals surface area contributed by atoms with Crippen LogP contribution in [-0.4, -0.2) is 27.5 Å².